The predicted molar refractivity (Wildman–Crippen MR) is 84.2 cm³/mol. The van der Waals surface area contributed by atoms with E-state index in [1.54, 1.807) is 18.2 Å². The molecule has 0 saturated heterocycles. The molecule has 0 aromatic heterocycles. The molecule has 2 N–H and O–H groups in total. The van der Waals surface area contributed by atoms with Crippen molar-refractivity contribution in [1.82, 2.24) is 0 Å². The van der Waals surface area contributed by atoms with Crippen LogP contribution in [0, 0.1) is 5.92 Å². The Morgan fingerprint density at radius 2 is 1.89 bits per heavy atom. The van der Waals surface area contributed by atoms with E-state index in [2.05, 4.69) is 22.6 Å². The maximum Gasteiger partial charge on any atom is 0.164 e. The minimum Gasteiger partial charge on any atom is -0.398 e. The van der Waals surface area contributed by atoms with E-state index >= 15 is 0 Å². The van der Waals surface area contributed by atoms with Crippen molar-refractivity contribution in [3.8, 4) is 0 Å². The molecule has 0 amide bonds. The van der Waals surface area contributed by atoms with Gasteiger partial charge in [-0.05, 0) is 25.0 Å². The fourth-order valence-corrected chi connectivity index (χ4v) is 3.16. The summed E-state index contributed by atoms with van der Waals surface area (Å²) in [5, 5.41) is 0.955. The molecular formula is C13H12Cl2INO. The minimum absolute atomic E-state index is 0.137. The molecule has 1 saturated carbocycles. The largest absolute Gasteiger partial charge is 0.398 e. The SMILES string of the molecule is NC(=C(CI)C(=O)C1CC1)c1c(Cl)cccc1Cl. The van der Waals surface area contributed by atoms with Crippen LogP contribution in [0.2, 0.25) is 10.0 Å². The summed E-state index contributed by atoms with van der Waals surface area (Å²) in [7, 11) is 0. The van der Waals surface area contributed by atoms with Crippen molar-refractivity contribution in [2.75, 3.05) is 4.43 Å². The Morgan fingerprint density at radius 1 is 1.33 bits per heavy atom. The van der Waals surface area contributed by atoms with E-state index in [0.717, 1.165) is 12.8 Å². The molecule has 1 aromatic rings. The molecule has 0 atom stereocenters. The van der Waals surface area contributed by atoms with Crippen molar-refractivity contribution in [1.29, 1.82) is 0 Å². The number of hydrogen-bond donors (Lipinski definition) is 1. The smallest absolute Gasteiger partial charge is 0.164 e. The molecule has 0 bridgehead atoms. The summed E-state index contributed by atoms with van der Waals surface area (Å²) in [5.41, 5.74) is 7.72. The third-order valence-electron chi connectivity index (χ3n) is 2.94. The molecule has 1 aliphatic carbocycles. The van der Waals surface area contributed by atoms with Crippen LogP contribution in [-0.4, -0.2) is 10.2 Å². The van der Waals surface area contributed by atoms with Gasteiger partial charge in [0.1, 0.15) is 0 Å². The van der Waals surface area contributed by atoms with Gasteiger partial charge in [-0.25, -0.2) is 0 Å². The third-order valence-corrected chi connectivity index (χ3v) is 4.33. The number of halogens is 3. The van der Waals surface area contributed by atoms with Crippen LogP contribution >= 0.6 is 45.8 Å². The molecule has 0 heterocycles. The summed E-state index contributed by atoms with van der Waals surface area (Å²) < 4.78 is 0.570. The molecule has 1 aromatic carbocycles. The van der Waals surface area contributed by atoms with Crippen LogP contribution in [0.5, 0.6) is 0 Å². The standard InChI is InChI=1S/C13H12Cl2INO/c14-9-2-1-3-10(15)11(9)12(17)8(6-16)13(18)7-4-5-7/h1-3,7H,4-6,17H2. The molecular weight excluding hydrogens is 384 g/mol. The number of alkyl halides is 1. The molecule has 2 nitrogen and oxygen atoms in total. The predicted octanol–water partition coefficient (Wildman–Crippen LogP) is 4.08. The van der Waals surface area contributed by atoms with Crippen LogP contribution in [0.1, 0.15) is 18.4 Å². The van der Waals surface area contributed by atoms with Crippen LogP contribution in [0.25, 0.3) is 5.70 Å². The first-order valence-electron chi connectivity index (χ1n) is 5.59. The maximum atomic E-state index is 12.1. The first-order valence-corrected chi connectivity index (χ1v) is 7.87. The summed E-state index contributed by atoms with van der Waals surface area (Å²) in [6.45, 7) is 0. The topological polar surface area (TPSA) is 43.1 Å². The Hall–Kier alpha value is -0.260. The lowest BCUT2D eigenvalue weighted by atomic mass is 10.0. The first kappa shape index (κ1) is 14.2. The second-order valence-corrected chi connectivity index (χ2v) is 5.84. The van der Waals surface area contributed by atoms with Crippen molar-refractivity contribution in [2.45, 2.75) is 12.8 Å². The first-order chi connectivity index (χ1) is 8.56. The molecule has 1 fully saturated rings. The number of rotatable bonds is 4. The minimum atomic E-state index is 0.137. The summed E-state index contributed by atoms with van der Waals surface area (Å²) >= 11 is 14.4. The van der Waals surface area contributed by atoms with Gasteiger partial charge in [0.2, 0.25) is 0 Å². The zero-order chi connectivity index (χ0) is 13.3. The summed E-state index contributed by atoms with van der Waals surface area (Å²) in [6, 6.07) is 5.21. The fraction of sp³-hybridized carbons (Fsp3) is 0.308. The number of benzene rings is 1. The highest BCUT2D eigenvalue weighted by Crippen LogP contribution is 2.36. The number of carbonyl (C=O) groups is 1. The molecule has 2 rings (SSSR count). The Bertz CT molecular complexity index is 503. The number of allylic oxidation sites excluding steroid dienone is 1. The molecule has 96 valence electrons. The van der Waals surface area contributed by atoms with Crippen LogP contribution < -0.4 is 5.73 Å². The van der Waals surface area contributed by atoms with Crippen LogP contribution in [0.4, 0.5) is 0 Å². The number of ketones is 1. The molecule has 0 radical (unpaired) electrons. The van der Waals surface area contributed by atoms with E-state index < -0.39 is 0 Å². The summed E-state index contributed by atoms with van der Waals surface area (Å²) in [6.07, 6.45) is 1.92. The summed E-state index contributed by atoms with van der Waals surface area (Å²) in [4.78, 5) is 12.1. The molecule has 5 heteroatoms. The number of carbonyl (C=O) groups excluding carboxylic acids is 1. The van der Waals surface area contributed by atoms with Gasteiger partial charge in [0.25, 0.3) is 0 Å². The number of Topliss-reactive ketones (excluding diaryl/α,β-unsaturated/α-hetero) is 1. The fourth-order valence-electron chi connectivity index (χ4n) is 1.77. The van der Waals surface area contributed by atoms with Crippen molar-refractivity contribution in [3.05, 3.63) is 39.4 Å². The number of nitrogens with two attached hydrogens (primary N) is 1. The van der Waals surface area contributed by atoms with Crippen LogP contribution in [-0.2, 0) is 4.79 Å². The molecule has 0 aliphatic heterocycles. The normalized spacial score (nSPS) is 16.4. The highest BCUT2D eigenvalue weighted by atomic mass is 127. The zero-order valence-electron chi connectivity index (χ0n) is 9.55. The van der Waals surface area contributed by atoms with Crippen molar-refractivity contribution >= 4 is 57.3 Å². The average Bonchev–Trinajstić information content (AvgIpc) is 3.13. The lowest BCUT2D eigenvalue weighted by molar-refractivity contribution is -0.116. The highest BCUT2D eigenvalue weighted by molar-refractivity contribution is 14.1. The second kappa shape index (κ2) is 5.80. The van der Waals surface area contributed by atoms with Gasteiger partial charge >= 0.3 is 0 Å². The van der Waals surface area contributed by atoms with Gasteiger partial charge in [-0.2, -0.15) is 0 Å². The van der Waals surface area contributed by atoms with Gasteiger partial charge in [-0.3, -0.25) is 4.79 Å². The Kier molecular flexibility index (Phi) is 4.56. The van der Waals surface area contributed by atoms with Gasteiger partial charge in [0.05, 0.1) is 10.0 Å². The second-order valence-electron chi connectivity index (χ2n) is 4.26. The third kappa shape index (κ3) is 2.83. The highest BCUT2D eigenvalue weighted by Gasteiger charge is 2.32. The van der Waals surface area contributed by atoms with Crippen molar-refractivity contribution in [2.24, 2.45) is 11.7 Å². The molecule has 18 heavy (non-hydrogen) atoms. The van der Waals surface area contributed by atoms with Crippen LogP contribution in [0.15, 0.2) is 23.8 Å². The monoisotopic (exact) mass is 395 g/mol. The lowest BCUT2D eigenvalue weighted by Gasteiger charge is -2.12. The van der Waals surface area contributed by atoms with Gasteiger partial charge in [0.15, 0.2) is 5.78 Å². The Morgan fingerprint density at radius 3 is 2.33 bits per heavy atom. The van der Waals surface area contributed by atoms with E-state index in [4.69, 9.17) is 28.9 Å². The number of hydrogen-bond acceptors (Lipinski definition) is 2. The average molecular weight is 396 g/mol. The van der Waals surface area contributed by atoms with E-state index in [-0.39, 0.29) is 11.7 Å². The zero-order valence-corrected chi connectivity index (χ0v) is 13.2. The van der Waals surface area contributed by atoms with E-state index in [1.807, 2.05) is 0 Å². The van der Waals surface area contributed by atoms with Gasteiger partial charge in [-0.15, -0.1) is 0 Å². The van der Waals surface area contributed by atoms with Crippen LogP contribution in [0.3, 0.4) is 0 Å². The van der Waals surface area contributed by atoms with E-state index in [1.165, 1.54) is 0 Å². The lowest BCUT2D eigenvalue weighted by Crippen LogP contribution is -2.13. The van der Waals surface area contributed by atoms with Crippen molar-refractivity contribution < 1.29 is 4.79 Å². The van der Waals surface area contributed by atoms with Gasteiger partial charge < -0.3 is 5.73 Å². The van der Waals surface area contributed by atoms with Gasteiger partial charge in [-0.1, -0.05) is 51.9 Å². The van der Waals surface area contributed by atoms with Gasteiger partial charge in [0, 0.05) is 27.2 Å². The van der Waals surface area contributed by atoms with E-state index in [0.29, 0.717) is 31.3 Å². The van der Waals surface area contributed by atoms with E-state index in [9.17, 15) is 4.79 Å². The Balaban J connectivity index is 2.49. The summed E-state index contributed by atoms with van der Waals surface area (Å²) in [5.74, 6) is 0.285. The maximum absolute atomic E-state index is 12.1. The van der Waals surface area contributed by atoms with Crippen molar-refractivity contribution in [3.63, 3.8) is 0 Å². The molecule has 1 aliphatic rings. The molecule has 0 spiro atoms. The quantitative estimate of drug-likeness (QED) is 0.474. The molecule has 0 unspecified atom stereocenters. The Labute approximate surface area is 130 Å².